The minimum atomic E-state index is -1.84. The molecule has 1 unspecified atom stereocenters. The highest BCUT2D eigenvalue weighted by Crippen LogP contribution is 2.27. The molecule has 0 aromatic rings. The van der Waals surface area contributed by atoms with E-state index < -0.39 is 17.5 Å². The van der Waals surface area contributed by atoms with Gasteiger partial charge in [0, 0.05) is 24.0 Å². The summed E-state index contributed by atoms with van der Waals surface area (Å²) in [5.74, 6) is -1.14. The molecule has 0 aliphatic carbocycles. The summed E-state index contributed by atoms with van der Waals surface area (Å²) in [5.41, 5.74) is -0.272. The van der Waals surface area contributed by atoms with Gasteiger partial charge in [-0.15, -0.1) is 0 Å². The van der Waals surface area contributed by atoms with Gasteiger partial charge in [-0.2, -0.15) is 0 Å². The number of esters is 2. The van der Waals surface area contributed by atoms with Gasteiger partial charge in [-0.25, -0.2) is 9.59 Å². The van der Waals surface area contributed by atoms with Crippen LogP contribution in [0.4, 0.5) is 0 Å². The molecular weight excluding hydrogens is 310 g/mol. The van der Waals surface area contributed by atoms with E-state index in [4.69, 9.17) is 9.47 Å². The van der Waals surface area contributed by atoms with Crippen LogP contribution in [0.2, 0.25) is 0 Å². The summed E-state index contributed by atoms with van der Waals surface area (Å²) in [7, 11) is 0. The summed E-state index contributed by atoms with van der Waals surface area (Å²) in [6, 6.07) is 0.0347. The summed E-state index contributed by atoms with van der Waals surface area (Å²) >= 11 is 0. The highest BCUT2D eigenvalue weighted by atomic mass is 16.6. The smallest absolute Gasteiger partial charge is 0.342 e. The lowest BCUT2D eigenvalue weighted by Gasteiger charge is -2.27. The summed E-state index contributed by atoms with van der Waals surface area (Å²) in [6.45, 7) is 8.73. The van der Waals surface area contributed by atoms with Gasteiger partial charge in [0.05, 0.1) is 13.1 Å². The first kappa shape index (κ1) is 16.9. The fraction of sp³-hybridized carbons (Fsp3) is 0.556. The molecule has 24 heavy (non-hydrogen) atoms. The maximum Gasteiger partial charge on any atom is 0.342 e. The summed E-state index contributed by atoms with van der Waals surface area (Å²) in [4.78, 5) is 26.1. The van der Waals surface area contributed by atoms with E-state index in [9.17, 15) is 14.7 Å². The molecule has 130 valence electrons. The normalized spacial score (nSPS) is 38.8. The molecule has 0 aromatic heterocycles. The van der Waals surface area contributed by atoms with Crippen LogP contribution in [0.3, 0.4) is 0 Å². The van der Waals surface area contributed by atoms with E-state index in [1.54, 1.807) is 13.0 Å². The van der Waals surface area contributed by atoms with Crippen molar-refractivity contribution < 1.29 is 29.1 Å². The van der Waals surface area contributed by atoms with E-state index in [-0.39, 0.29) is 30.7 Å². The summed E-state index contributed by atoms with van der Waals surface area (Å²) < 4.78 is 11.1. The lowest BCUT2D eigenvalue weighted by Crippen LogP contribution is -3.12. The molecule has 0 radical (unpaired) electrons. The van der Waals surface area contributed by atoms with Gasteiger partial charge in [-0.3, -0.25) is 0 Å². The van der Waals surface area contributed by atoms with Gasteiger partial charge in [0.25, 0.3) is 0 Å². The van der Waals surface area contributed by atoms with Crippen LogP contribution in [0, 0.1) is 0 Å². The maximum atomic E-state index is 12.5. The SMILES string of the molecule is C=C1C/C(=C\C)C(=O)O[C@@H]2CC[NH+]3CC=C(COC(=O)[C@@]1(C)O)[C@@H]23. The second kappa shape index (κ2) is 6.18. The first-order valence-corrected chi connectivity index (χ1v) is 8.32. The van der Waals surface area contributed by atoms with Gasteiger partial charge in [-0.05, 0) is 25.5 Å². The fourth-order valence-corrected chi connectivity index (χ4v) is 3.65. The Labute approximate surface area is 141 Å². The van der Waals surface area contributed by atoms with Gasteiger partial charge in [0.1, 0.15) is 6.61 Å². The van der Waals surface area contributed by atoms with Crippen LogP contribution < -0.4 is 4.90 Å². The topological polar surface area (TPSA) is 77.3 Å². The van der Waals surface area contributed by atoms with Crippen molar-refractivity contribution in [3.05, 3.63) is 35.5 Å². The van der Waals surface area contributed by atoms with E-state index in [2.05, 4.69) is 6.58 Å². The van der Waals surface area contributed by atoms with Crippen LogP contribution in [0.1, 0.15) is 26.7 Å². The highest BCUT2D eigenvalue weighted by molar-refractivity contribution is 5.90. The molecule has 6 nitrogen and oxygen atoms in total. The quantitative estimate of drug-likeness (QED) is 0.361. The molecule has 0 saturated carbocycles. The molecule has 0 amide bonds. The van der Waals surface area contributed by atoms with Crippen LogP contribution in [0.25, 0.3) is 0 Å². The van der Waals surface area contributed by atoms with Crippen molar-refractivity contribution in [2.24, 2.45) is 0 Å². The first-order chi connectivity index (χ1) is 11.3. The number of hydrogen-bond donors (Lipinski definition) is 2. The van der Waals surface area contributed by atoms with Crippen LogP contribution >= 0.6 is 0 Å². The van der Waals surface area contributed by atoms with Crippen molar-refractivity contribution in [2.45, 2.75) is 44.4 Å². The number of carbonyl (C=O) groups is 2. The maximum absolute atomic E-state index is 12.5. The lowest BCUT2D eigenvalue weighted by atomic mass is 9.91. The largest absolute Gasteiger partial charge is 0.459 e. The predicted octanol–water partition coefficient (Wildman–Crippen LogP) is -0.304. The lowest BCUT2D eigenvalue weighted by molar-refractivity contribution is -0.896. The molecule has 3 heterocycles. The van der Waals surface area contributed by atoms with Crippen molar-refractivity contribution >= 4 is 11.9 Å². The zero-order valence-electron chi connectivity index (χ0n) is 14.1. The monoisotopic (exact) mass is 334 g/mol. The van der Waals surface area contributed by atoms with Crippen LogP contribution in [-0.2, 0) is 19.1 Å². The molecule has 6 heteroatoms. The van der Waals surface area contributed by atoms with Gasteiger partial charge < -0.3 is 19.5 Å². The van der Waals surface area contributed by atoms with Crippen molar-refractivity contribution in [2.75, 3.05) is 19.7 Å². The summed E-state index contributed by atoms with van der Waals surface area (Å²) in [6.07, 6.45) is 4.36. The molecule has 2 fully saturated rings. The molecule has 4 atom stereocenters. The van der Waals surface area contributed by atoms with E-state index in [1.807, 2.05) is 6.08 Å². The molecular formula is C18H24NO5+. The first-order valence-electron chi connectivity index (χ1n) is 8.32. The number of rotatable bonds is 0. The van der Waals surface area contributed by atoms with Crippen LogP contribution in [-0.4, -0.2) is 54.5 Å². The molecule has 0 bridgehead atoms. The van der Waals surface area contributed by atoms with Crippen LogP contribution in [0.15, 0.2) is 35.5 Å². The molecule has 0 aromatic carbocycles. The average Bonchev–Trinajstić information content (AvgIpc) is 3.12. The summed E-state index contributed by atoms with van der Waals surface area (Å²) in [5, 5.41) is 10.5. The minimum Gasteiger partial charge on any atom is -0.459 e. The third-order valence-corrected chi connectivity index (χ3v) is 5.32. The number of ether oxygens (including phenoxy) is 2. The van der Waals surface area contributed by atoms with Gasteiger partial charge in [0.2, 0.25) is 0 Å². The number of hydrogen-bond acceptors (Lipinski definition) is 5. The van der Waals surface area contributed by atoms with Crippen molar-refractivity contribution in [1.29, 1.82) is 0 Å². The second-order valence-corrected chi connectivity index (χ2v) is 6.84. The minimum absolute atomic E-state index is 0.0347. The number of allylic oxidation sites excluding steroid dienone is 1. The Bertz CT molecular complexity index is 646. The Morgan fingerprint density at radius 1 is 1.46 bits per heavy atom. The number of nitrogens with one attached hydrogen (secondary N) is 1. The predicted molar refractivity (Wildman–Crippen MR) is 86.2 cm³/mol. The second-order valence-electron chi connectivity index (χ2n) is 6.84. The van der Waals surface area contributed by atoms with E-state index in [1.165, 1.54) is 11.8 Å². The van der Waals surface area contributed by atoms with Crippen molar-refractivity contribution in [3.63, 3.8) is 0 Å². The molecule has 2 saturated heterocycles. The highest BCUT2D eigenvalue weighted by Gasteiger charge is 2.47. The average molecular weight is 334 g/mol. The number of carbonyl (C=O) groups excluding carboxylic acids is 2. The third-order valence-electron chi connectivity index (χ3n) is 5.32. The Hall–Kier alpha value is -1.92. The Morgan fingerprint density at radius 2 is 2.21 bits per heavy atom. The molecule has 3 aliphatic heterocycles. The van der Waals surface area contributed by atoms with Crippen LogP contribution in [0.5, 0.6) is 0 Å². The van der Waals surface area contributed by atoms with E-state index in [0.717, 1.165) is 25.1 Å². The van der Waals surface area contributed by atoms with Crippen molar-refractivity contribution in [3.8, 4) is 0 Å². The fourth-order valence-electron chi connectivity index (χ4n) is 3.65. The van der Waals surface area contributed by atoms with Gasteiger partial charge >= 0.3 is 11.9 Å². The molecule has 0 spiro atoms. The van der Waals surface area contributed by atoms with Gasteiger partial charge in [-0.1, -0.05) is 12.7 Å². The van der Waals surface area contributed by atoms with Gasteiger partial charge in [0.15, 0.2) is 17.7 Å². The zero-order chi connectivity index (χ0) is 17.5. The molecule has 3 aliphatic rings. The third kappa shape index (κ3) is 2.80. The van der Waals surface area contributed by atoms with Crippen molar-refractivity contribution in [1.82, 2.24) is 0 Å². The Morgan fingerprint density at radius 3 is 2.92 bits per heavy atom. The van der Waals surface area contributed by atoms with E-state index >= 15 is 0 Å². The number of cyclic esters (lactones) is 1. The number of quaternary nitrogens is 1. The Kier molecular flexibility index (Phi) is 4.36. The molecule has 2 N–H and O–H groups in total. The molecule has 3 rings (SSSR count). The zero-order valence-corrected chi connectivity index (χ0v) is 14.1. The number of aliphatic hydroxyl groups is 1. The Balaban J connectivity index is 1.92. The van der Waals surface area contributed by atoms with E-state index in [0.29, 0.717) is 5.57 Å². The standard InChI is InChI=1S/C18H23NO5/c1-4-12-9-11(2)18(3,22)17(21)23-10-13-5-7-19-8-6-14(15(13)19)24-16(12)20/h4-5,14-15,22H,2,6-10H2,1,3H3/p+1/b12-4+/t14-,15+,18+/m1/s1.